The lowest BCUT2D eigenvalue weighted by atomic mass is 9.99. The molecular formula is C30H44N7O11P. The molecule has 1 aromatic rings. The molecule has 2 fully saturated rings. The van der Waals surface area contributed by atoms with Crippen LogP contribution in [-0.4, -0.2) is 99.3 Å². The third kappa shape index (κ3) is 11.3. The third-order valence-electron chi connectivity index (χ3n) is 8.02. The molecule has 19 heteroatoms. The second kappa shape index (κ2) is 16.7. The van der Waals surface area contributed by atoms with Gasteiger partial charge in [-0.3, -0.25) is 43.3 Å². The minimum absolute atomic E-state index is 0.150. The lowest BCUT2D eigenvalue weighted by Crippen LogP contribution is -2.62. The van der Waals surface area contributed by atoms with Crippen molar-refractivity contribution in [3.05, 3.63) is 29.8 Å². The second-order valence-corrected chi connectivity index (χ2v) is 13.8. The van der Waals surface area contributed by atoms with E-state index in [9.17, 15) is 38.1 Å². The molecule has 0 spiro atoms. The van der Waals surface area contributed by atoms with Crippen LogP contribution in [0.1, 0.15) is 52.5 Å². The maximum atomic E-state index is 13.7. The van der Waals surface area contributed by atoms with Crippen molar-refractivity contribution >= 4 is 49.2 Å². The van der Waals surface area contributed by atoms with Gasteiger partial charge < -0.3 is 41.7 Å². The van der Waals surface area contributed by atoms with E-state index in [1.165, 1.54) is 29.2 Å². The molecule has 49 heavy (non-hydrogen) atoms. The van der Waals surface area contributed by atoms with Crippen molar-refractivity contribution in [3.8, 4) is 5.75 Å². The quantitative estimate of drug-likeness (QED) is 0.136. The number of nitrogens with zero attached hydrogens (tertiary/aromatic N) is 1. The van der Waals surface area contributed by atoms with Crippen LogP contribution in [0.2, 0.25) is 0 Å². The Morgan fingerprint density at radius 2 is 1.47 bits per heavy atom. The van der Waals surface area contributed by atoms with Gasteiger partial charge in [0.2, 0.25) is 41.4 Å². The van der Waals surface area contributed by atoms with Gasteiger partial charge in [-0.2, -0.15) is 0 Å². The second-order valence-electron chi connectivity index (χ2n) is 12.6. The number of phosphoric ester groups is 1. The summed E-state index contributed by atoms with van der Waals surface area (Å²) in [4.78, 5) is 112. The molecule has 0 saturated carbocycles. The Labute approximate surface area is 282 Å². The smallest absolute Gasteiger partial charge is 0.404 e. The molecule has 5 atom stereocenters. The summed E-state index contributed by atoms with van der Waals surface area (Å²) in [6.45, 7) is 6.24. The van der Waals surface area contributed by atoms with Crippen LogP contribution in [-0.2, 0) is 44.5 Å². The fraction of sp³-hybridized carbons (Fsp3) is 0.567. The maximum absolute atomic E-state index is 13.7. The Hall–Kier alpha value is -4.54. The van der Waals surface area contributed by atoms with Crippen LogP contribution in [0.3, 0.4) is 0 Å². The van der Waals surface area contributed by atoms with Gasteiger partial charge in [0.25, 0.3) is 0 Å². The molecule has 270 valence electrons. The van der Waals surface area contributed by atoms with Crippen LogP contribution in [0.5, 0.6) is 5.75 Å². The minimum Gasteiger partial charge on any atom is -0.404 e. The van der Waals surface area contributed by atoms with E-state index < -0.39 is 104 Å². The zero-order valence-electron chi connectivity index (χ0n) is 27.6. The molecule has 2 heterocycles. The van der Waals surface area contributed by atoms with E-state index >= 15 is 0 Å². The molecule has 2 aliphatic heterocycles. The number of nitrogens with one attached hydrogen (secondary N) is 5. The number of hydrogen-bond donors (Lipinski definition) is 8. The van der Waals surface area contributed by atoms with E-state index in [2.05, 4.69) is 31.1 Å². The number of carbonyl (C=O) groups excluding carboxylic acids is 7. The molecule has 2 saturated heterocycles. The number of phosphoric acid groups is 1. The van der Waals surface area contributed by atoms with Crippen molar-refractivity contribution in [1.29, 1.82) is 0 Å². The average molecular weight is 710 g/mol. The predicted octanol–water partition coefficient (Wildman–Crippen LogP) is -2.05. The van der Waals surface area contributed by atoms with E-state index in [-0.39, 0.29) is 18.7 Å². The van der Waals surface area contributed by atoms with E-state index in [1.807, 2.05) is 0 Å². The lowest BCUT2D eigenvalue weighted by molar-refractivity contribution is -0.143. The summed E-state index contributed by atoms with van der Waals surface area (Å²) in [5.74, 6) is -6.55. The molecule has 0 aliphatic carbocycles. The highest BCUT2D eigenvalue weighted by Crippen LogP contribution is 2.37. The first-order valence-electron chi connectivity index (χ1n) is 15.8. The maximum Gasteiger partial charge on any atom is 0.524 e. The van der Waals surface area contributed by atoms with Gasteiger partial charge in [0.05, 0.1) is 13.0 Å². The molecule has 7 amide bonds. The van der Waals surface area contributed by atoms with Crippen LogP contribution in [0.25, 0.3) is 0 Å². The monoisotopic (exact) mass is 709 g/mol. The first kappa shape index (κ1) is 38.9. The Morgan fingerprint density at radius 1 is 0.878 bits per heavy atom. The number of benzene rings is 1. The van der Waals surface area contributed by atoms with E-state index in [4.69, 9.17) is 15.5 Å². The normalized spacial score (nSPS) is 25.0. The summed E-state index contributed by atoms with van der Waals surface area (Å²) < 4.78 is 15.7. The molecule has 0 radical (unpaired) electrons. The first-order chi connectivity index (χ1) is 22.9. The fourth-order valence-corrected chi connectivity index (χ4v) is 5.91. The van der Waals surface area contributed by atoms with Gasteiger partial charge >= 0.3 is 7.82 Å². The standard InChI is InChI=1S/C30H44N7O11P/c1-15(2)24-29(43)34-20(13-22(31)38)27(41)36-25(16(3)4)30(44)37-11-5-6-21(37)28(42)32-14-23(39)33-19(26(40)35-24)12-17-7-9-18(10-8-17)48-49(45,46)47/h7-10,15-16,19-21,24-25H,5-6,11-14H2,1-4H3,(H2,31,38)(H,32,42)(H,33,39)(H,34,43)(H,35,40)(H,36,41)(H2,45,46,47)/t19-,20-,21+,24-,25-/m0/s1. The number of hydrogen-bond acceptors (Lipinski definition) is 9. The largest absolute Gasteiger partial charge is 0.524 e. The molecular weight excluding hydrogens is 665 g/mol. The van der Waals surface area contributed by atoms with Crippen molar-refractivity contribution in [2.24, 2.45) is 17.6 Å². The van der Waals surface area contributed by atoms with Crippen LogP contribution < -0.4 is 36.8 Å². The lowest BCUT2D eigenvalue weighted by Gasteiger charge is -2.32. The van der Waals surface area contributed by atoms with Crippen LogP contribution in [0.15, 0.2) is 24.3 Å². The van der Waals surface area contributed by atoms with Crippen molar-refractivity contribution in [2.75, 3.05) is 13.1 Å². The molecule has 0 aromatic heterocycles. The Balaban J connectivity index is 1.98. The number of nitrogens with two attached hydrogens (primary N) is 1. The van der Waals surface area contributed by atoms with Crippen LogP contribution in [0.4, 0.5) is 0 Å². The van der Waals surface area contributed by atoms with Crippen molar-refractivity contribution in [3.63, 3.8) is 0 Å². The molecule has 18 nitrogen and oxygen atoms in total. The fourth-order valence-electron chi connectivity index (χ4n) is 5.51. The third-order valence-corrected chi connectivity index (χ3v) is 8.47. The van der Waals surface area contributed by atoms with Crippen LogP contribution >= 0.6 is 7.82 Å². The molecule has 2 aliphatic rings. The van der Waals surface area contributed by atoms with Gasteiger partial charge in [-0.25, -0.2) is 4.57 Å². The summed E-state index contributed by atoms with van der Waals surface area (Å²) in [5.41, 5.74) is 5.81. The molecule has 0 unspecified atom stereocenters. The van der Waals surface area contributed by atoms with Crippen molar-refractivity contribution in [1.82, 2.24) is 31.5 Å². The van der Waals surface area contributed by atoms with Gasteiger partial charge in [-0.15, -0.1) is 0 Å². The summed E-state index contributed by atoms with van der Waals surface area (Å²) >= 11 is 0. The minimum atomic E-state index is -4.83. The average Bonchev–Trinajstić information content (AvgIpc) is 3.49. The molecule has 9 N–H and O–H groups in total. The van der Waals surface area contributed by atoms with Gasteiger partial charge in [-0.1, -0.05) is 39.8 Å². The molecule has 0 bridgehead atoms. The SMILES string of the molecule is CC(C)[C@@H]1NC(=O)[C@H](Cc2ccc(OP(=O)(O)O)cc2)NC(=O)CNC(=O)[C@H]2CCCN2C(=O)[C@H](C(C)C)NC(=O)[C@H](CC(N)=O)NC1=O. The summed E-state index contributed by atoms with van der Waals surface area (Å²) in [5, 5.41) is 12.7. The molecule has 3 rings (SSSR count). The van der Waals surface area contributed by atoms with E-state index in [0.717, 1.165) is 0 Å². The number of rotatable bonds is 8. The predicted molar refractivity (Wildman–Crippen MR) is 172 cm³/mol. The number of amides is 7. The topological polar surface area (TPSA) is 276 Å². The number of carbonyl (C=O) groups is 7. The Kier molecular flexibility index (Phi) is 13.3. The highest BCUT2D eigenvalue weighted by molar-refractivity contribution is 7.46. The van der Waals surface area contributed by atoms with Gasteiger partial charge in [0.1, 0.15) is 36.0 Å². The van der Waals surface area contributed by atoms with Gasteiger partial charge in [0.15, 0.2) is 0 Å². The highest BCUT2D eigenvalue weighted by Gasteiger charge is 2.40. The van der Waals surface area contributed by atoms with E-state index in [0.29, 0.717) is 18.4 Å². The highest BCUT2D eigenvalue weighted by atomic mass is 31.2. The Bertz CT molecular complexity index is 1480. The summed E-state index contributed by atoms with van der Waals surface area (Å²) in [7, 11) is -4.83. The van der Waals surface area contributed by atoms with Gasteiger partial charge in [0, 0.05) is 13.0 Å². The zero-order valence-corrected chi connectivity index (χ0v) is 28.5. The first-order valence-corrected chi connectivity index (χ1v) is 17.3. The van der Waals surface area contributed by atoms with Crippen molar-refractivity contribution in [2.45, 2.75) is 83.6 Å². The van der Waals surface area contributed by atoms with Crippen molar-refractivity contribution < 1.29 is 52.4 Å². The zero-order chi connectivity index (χ0) is 36.6. The molecule has 1 aromatic carbocycles. The summed E-state index contributed by atoms with van der Waals surface area (Å²) in [6, 6.07) is -0.871. The number of fused-ring (bicyclic) bond motifs is 1. The summed E-state index contributed by atoms with van der Waals surface area (Å²) in [6.07, 6.45) is -0.0134. The number of primary amides is 1. The van der Waals surface area contributed by atoms with E-state index in [1.54, 1.807) is 27.7 Å². The Morgan fingerprint density at radius 3 is 2.04 bits per heavy atom. The van der Waals surface area contributed by atoms with Crippen LogP contribution in [0, 0.1) is 11.8 Å². The van der Waals surface area contributed by atoms with Gasteiger partial charge in [-0.05, 0) is 42.4 Å².